The molecule has 6 nitrogen and oxygen atoms in total. The van der Waals surface area contributed by atoms with Crippen LogP contribution in [0.4, 0.5) is 13.2 Å². The van der Waals surface area contributed by atoms with Crippen molar-refractivity contribution in [1.82, 2.24) is 9.80 Å². The van der Waals surface area contributed by atoms with Gasteiger partial charge in [0.15, 0.2) is 0 Å². The lowest BCUT2D eigenvalue weighted by Gasteiger charge is -2.26. The molecule has 9 heteroatoms. The van der Waals surface area contributed by atoms with Gasteiger partial charge in [0, 0.05) is 44.9 Å². The molecule has 2 heterocycles. The number of nitrogens with zero attached hydrogens (tertiary/aromatic N) is 2. The molecule has 1 atom stereocenters. The first-order chi connectivity index (χ1) is 16.9. The van der Waals surface area contributed by atoms with Crippen LogP contribution in [0.3, 0.4) is 0 Å². The summed E-state index contributed by atoms with van der Waals surface area (Å²) < 4.78 is 55.7. The van der Waals surface area contributed by atoms with Gasteiger partial charge in [-0.1, -0.05) is 12.1 Å². The summed E-state index contributed by atoms with van der Waals surface area (Å²) >= 11 is 0. The van der Waals surface area contributed by atoms with E-state index in [9.17, 15) is 18.0 Å². The van der Waals surface area contributed by atoms with E-state index in [0.717, 1.165) is 69.1 Å². The van der Waals surface area contributed by atoms with Crippen molar-refractivity contribution in [3.63, 3.8) is 0 Å². The number of amides is 1. The number of alkyl halides is 3. The predicted octanol–water partition coefficient (Wildman–Crippen LogP) is 4.24. The zero-order chi connectivity index (χ0) is 24.7. The summed E-state index contributed by atoms with van der Waals surface area (Å²) in [7, 11) is 0. The van der Waals surface area contributed by atoms with E-state index in [0.29, 0.717) is 26.3 Å². The third kappa shape index (κ3) is 7.43. The van der Waals surface area contributed by atoms with Crippen molar-refractivity contribution in [2.45, 2.75) is 31.7 Å². The second-order valence-corrected chi connectivity index (χ2v) is 8.84. The molecular formula is C26H31F3N2O4. The smallest absolute Gasteiger partial charge is 0.416 e. The van der Waals surface area contributed by atoms with E-state index in [2.05, 4.69) is 4.90 Å². The van der Waals surface area contributed by atoms with E-state index in [-0.39, 0.29) is 17.6 Å². The summed E-state index contributed by atoms with van der Waals surface area (Å²) in [4.78, 5) is 17.2. The van der Waals surface area contributed by atoms with E-state index >= 15 is 0 Å². The van der Waals surface area contributed by atoms with Crippen LogP contribution >= 0.6 is 0 Å². The van der Waals surface area contributed by atoms with Gasteiger partial charge in [0.2, 0.25) is 0 Å². The van der Waals surface area contributed by atoms with Crippen molar-refractivity contribution < 1.29 is 32.2 Å². The molecule has 2 saturated heterocycles. The zero-order valence-electron chi connectivity index (χ0n) is 19.6. The number of hydrogen-bond donors (Lipinski definition) is 0. The lowest BCUT2D eigenvalue weighted by atomic mass is 10.1. The van der Waals surface area contributed by atoms with Crippen molar-refractivity contribution in [2.75, 3.05) is 52.6 Å². The molecule has 35 heavy (non-hydrogen) atoms. The highest BCUT2D eigenvalue weighted by Crippen LogP contribution is 2.29. The molecule has 0 aliphatic carbocycles. The average Bonchev–Trinajstić information content (AvgIpc) is 3.38. The van der Waals surface area contributed by atoms with Crippen molar-refractivity contribution in [2.24, 2.45) is 0 Å². The highest BCUT2D eigenvalue weighted by Gasteiger charge is 2.31. The molecule has 2 aliphatic heterocycles. The number of carbonyl (C=O) groups excluding carboxylic acids is 1. The Balaban J connectivity index is 1.37. The van der Waals surface area contributed by atoms with Gasteiger partial charge in [-0.15, -0.1) is 0 Å². The van der Waals surface area contributed by atoms with Crippen LogP contribution in [0, 0.1) is 0 Å². The predicted molar refractivity (Wildman–Crippen MR) is 124 cm³/mol. The minimum Gasteiger partial charge on any atom is -0.492 e. The van der Waals surface area contributed by atoms with Gasteiger partial charge in [-0.05, 0) is 54.8 Å². The summed E-state index contributed by atoms with van der Waals surface area (Å²) in [6.07, 6.45) is -2.72. The average molecular weight is 493 g/mol. The Morgan fingerprint density at radius 1 is 1.03 bits per heavy atom. The van der Waals surface area contributed by atoms with Crippen LogP contribution in [0.15, 0.2) is 48.5 Å². The normalized spacial score (nSPS) is 19.0. The number of carbonyl (C=O) groups is 1. The van der Waals surface area contributed by atoms with Crippen LogP contribution in [0.5, 0.6) is 5.75 Å². The summed E-state index contributed by atoms with van der Waals surface area (Å²) in [6, 6.07) is 11.9. The minimum absolute atomic E-state index is 0.0730. The molecule has 2 aromatic carbocycles. The number of morpholine rings is 1. The van der Waals surface area contributed by atoms with Gasteiger partial charge in [-0.2, -0.15) is 13.2 Å². The third-order valence-corrected chi connectivity index (χ3v) is 6.27. The quantitative estimate of drug-likeness (QED) is 0.524. The van der Waals surface area contributed by atoms with Gasteiger partial charge < -0.3 is 19.1 Å². The molecule has 0 aromatic heterocycles. The highest BCUT2D eigenvalue weighted by atomic mass is 19.4. The molecule has 1 amide bonds. The zero-order valence-corrected chi connectivity index (χ0v) is 19.6. The SMILES string of the molecule is O=C(c1ccc(C(F)(F)F)cc1)N(Cc1ccc(OCCN2CCOCC2)cc1)C[C@@H]1CCCO1. The number of rotatable bonds is 9. The fourth-order valence-electron chi connectivity index (χ4n) is 4.27. The lowest BCUT2D eigenvalue weighted by Crippen LogP contribution is -2.38. The number of halogens is 3. The van der Waals surface area contributed by atoms with Gasteiger partial charge in [0.1, 0.15) is 12.4 Å². The third-order valence-electron chi connectivity index (χ3n) is 6.27. The molecule has 2 fully saturated rings. The Labute approximate surface area is 203 Å². The molecule has 0 radical (unpaired) electrons. The summed E-state index contributed by atoms with van der Waals surface area (Å²) in [5, 5.41) is 0. The van der Waals surface area contributed by atoms with E-state index in [1.54, 1.807) is 4.90 Å². The van der Waals surface area contributed by atoms with E-state index in [1.807, 2.05) is 24.3 Å². The minimum atomic E-state index is -4.44. The Kier molecular flexibility index (Phi) is 8.64. The van der Waals surface area contributed by atoms with Crippen LogP contribution in [0.2, 0.25) is 0 Å². The Morgan fingerprint density at radius 2 is 1.74 bits per heavy atom. The fourth-order valence-corrected chi connectivity index (χ4v) is 4.27. The molecule has 190 valence electrons. The van der Waals surface area contributed by atoms with Crippen LogP contribution in [0.1, 0.15) is 34.3 Å². The molecule has 0 bridgehead atoms. The standard InChI is InChI=1S/C26H31F3N2O4/c27-26(28,29)22-7-5-21(6-8-22)25(32)31(19-24-2-1-14-34-24)18-20-3-9-23(10-4-20)35-17-13-30-11-15-33-16-12-30/h3-10,24H,1-2,11-19H2/t24-/m0/s1. The summed E-state index contributed by atoms with van der Waals surface area (Å²) in [5.41, 5.74) is 0.354. The maximum atomic E-state index is 13.2. The summed E-state index contributed by atoms with van der Waals surface area (Å²) in [5.74, 6) is 0.432. The van der Waals surface area contributed by atoms with Gasteiger partial charge in [-0.25, -0.2) is 0 Å². The Hall–Kier alpha value is -2.62. The van der Waals surface area contributed by atoms with Crippen molar-refractivity contribution in [1.29, 1.82) is 0 Å². The van der Waals surface area contributed by atoms with Crippen LogP contribution in [0.25, 0.3) is 0 Å². The van der Waals surface area contributed by atoms with Gasteiger partial charge in [0.25, 0.3) is 5.91 Å². The number of benzene rings is 2. The lowest BCUT2D eigenvalue weighted by molar-refractivity contribution is -0.137. The second kappa shape index (κ2) is 11.9. The van der Waals surface area contributed by atoms with Gasteiger partial charge in [0.05, 0.1) is 24.9 Å². The van der Waals surface area contributed by atoms with Crippen LogP contribution in [-0.2, 0) is 22.2 Å². The Morgan fingerprint density at radius 3 is 2.37 bits per heavy atom. The molecular weight excluding hydrogens is 461 g/mol. The number of hydrogen-bond acceptors (Lipinski definition) is 5. The topological polar surface area (TPSA) is 51.2 Å². The molecule has 0 saturated carbocycles. The first kappa shape index (κ1) is 25.5. The Bertz CT molecular complexity index is 939. The second-order valence-electron chi connectivity index (χ2n) is 8.84. The summed E-state index contributed by atoms with van der Waals surface area (Å²) in [6.45, 7) is 6.11. The monoisotopic (exact) mass is 492 g/mol. The molecule has 0 unspecified atom stereocenters. The van der Waals surface area contributed by atoms with Crippen LogP contribution in [-0.4, -0.2) is 74.4 Å². The van der Waals surface area contributed by atoms with Crippen molar-refractivity contribution >= 4 is 5.91 Å². The largest absolute Gasteiger partial charge is 0.492 e. The molecule has 0 N–H and O–H groups in total. The van der Waals surface area contributed by atoms with Crippen molar-refractivity contribution in [3.8, 4) is 5.75 Å². The first-order valence-electron chi connectivity index (χ1n) is 12.0. The fraction of sp³-hybridized carbons (Fsp3) is 0.500. The van der Waals surface area contributed by atoms with Crippen LogP contribution < -0.4 is 4.74 Å². The maximum absolute atomic E-state index is 13.2. The van der Waals surface area contributed by atoms with Gasteiger partial charge >= 0.3 is 6.18 Å². The first-order valence-corrected chi connectivity index (χ1v) is 12.0. The number of ether oxygens (including phenoxy) is 3. The molecule has 2 aromatic rings. The van der Waals surface area contributed by atoms with Gasteiger partial charge in [-0.3, -0.25) is 9.69 Å². The van der Waals surface area contributed by atoms with Crippen molar-refractivity contribution in [3.05, 3.63) is 65.2 Å². The molecule has 0 spiro atoms. The highest BCUT2D eigenvalue weighted by molar-refractivity contribution is 5.94. The van der Waals surface area contributed by atoms with E-state index in [1.165, 1.54) is 12.1 Å². The van der Waals surface area contributed by atoms with E-state index in [4.69, 9.17) is 14.2 Å². The molecule has 4 rings (SSSR count). The molecule has 2 aliphatic rings. The maximum Gasteiger partial charge on any atom is 0.416 e. The van der Waals surface area contributed by atoms with E-state index < -0.39 is 11.7 Å².